The van der Waals surface area contributed by atoms with Crippen molar-refractivity contribution in [2.45, 2.75) is 6.92 Å². The van der Waals surface area contributed by atoms with Crippen LogP contribution >= 0.6 is 0 Å². The minimum absolute atomic E-state index is 0.382. The topological polar surface area (TPSA) is 36.3 Å². The van der Waals surface area contributed by atoms with Crippen molar-refractivity contribution in [1.29, 1.82) is 5.41 Å². The average Bonchev–Trinajstić information content (AvgIpc) is 2.06. The maximum atomic E-state index is 7.04. The number of hydrogen-bond donors (Lipinski definition) is 1. The van der Waals surface area contributed by atoms with Gasteiger partial charge in [0.05, 0.1) is 13.2 Å². The van der Waals surface area contributed by atoms with Crippen molar-refractivity contribution in [3.63, 3.8) is 0 Å². The van der Waals surface area contributed by atoms with Crippen molar-refractivity contribution >= 4 is 6.21 Å². The second-order valence-electron chi connectivity index (χ2n) is 3.06. The highest BCUT2D eigenvalue weighted by Gasteiger charge is 2.11. The van der Waals surface area contributed by atoms with Gasteiger partial charge in [0.2, 0.25) is 0 Å². The fourth-order valence-corrected chi connectivity index (χ4v) is 1.24. The van der Waals surface area contributed by atoms with Gasteiger partial charge in [0.25, 0.3) is 0 Å². The fourth-order valence-electron chi connectivity index (χ4n) is 1.24. The predicted octanol–water partition coefficient (Wildman–Crippen LogP) is 0.604. The molecule has 0 radical (unpaired) electrons. The Morgan fingerprint density at radius 1 is 1.55 bits per heavy atom. The lowest BCUT2D eigenvalue weighted by Crippen LogP contribution is -2.39. The molecule has 0 aromatic heterocycles. The van der Waals surface area contributed by atoms with Gasteiger partial charge in [-0.1, -0.05) is 6.92 Å². The molecule has 0 amide bonds. The molecule has 0 saturated carbocycles. The van der Waals surface area contributed by atoms with E-state index in [0.29, 0.717) is 5.92 Å². The molecule has 1 unspecified atom stereocenters. The first-order valence-electron chi connectivity index (χ1n) is 4.13. The van der Waals surface area contributed by atoms with Crippen LogP contribution in [0.5, 0.6) is 0 Å². The molecule has 1 aliphatic heterocycles. The molecule has 1 atom stereocenters. The zero-order chi connectivity index (χ0) is 8.10. The van der Waals surface area contributed by atoms with Gasteiger partial charge in [0.15, 0.2) is 0 Å². The fraction of sp³-hybridized carbons (Fsp3) is 0.875. The summed E-state index contributed by atoms with van der Waals surface area (Å²) in [5.41, 5.74) is 0. The summed E-state index contributed by atoms with van der Waals surface area (Å²) in [6.45, 7) is 6.83. The Morgan fingerprint density at radius 3 is 2.73 bits per heavy atom. The molecule has 1 heterocycles. The Balaban J connectivity index is 2.18. The maximum absolute atomic E-state index is 7.04. The van der Waals surface area contributed by atoms with E-state index in [9.17, 15) is 0 Å². The molecule has 0 aliphatic carbocycles. The van der Waals surface area contributed by atoms with Crippen molar-refractivity contribution in [2.75, 3.05) is 32.8 Å². The van der Waals surface area contributed by atoms with Crippen LogP contribution in [0.15, 0.2) is 0 Å². The van der Waals surface area contributed by atoms with E-state index in [1.54, 1.807) is 0 Å². The maximum Gasteiger partial charge on any atom is 0.0594 e. The lowest BCUT2D eigenvalue weighted by Gasteiger charge is -2.27. The van der Waals surface area contributed by atoms with Crippen LogP contribution in [-0.4, -0.2) is 44.0 Å². The van der Waals surface area contributed by atoms with Crippen LogP contribution in [0.4, 0.5) is 0 Å². The van der Waals surface area contributed by atoms with E-state index in [4.69, 9.17) is 10.1 Å². The first kappa shape index (κ1) is 8.68. The van der Waals surface area contributed by atoms with Crippen LogP contribution in [0, 0.1) is 11.3 Å². The first-order valence-corrected chi connectivity index (χ1v) is 4.13. The molecule has 3 nitrogen and oxygen atoms in total. The highest BCUT2D eigenvalue weighted by molar-refractivity contribution is 5.56. The molecule has 0 bridgehead atoms. The molecule has 0 aromatic rings. The summed E-state index contributed by atoms with van der Waals surface area (Å²) in [5.74, 6) is 0.382. The van der Waals surface area contributed by atoms with Crippen LogP contribution in [0.1, 0.15) is 6.92 Å². The molecule has 1 saturated heterocycles. The molecule has 11 heavy (non-hydrogen) atoms. The minimum Gasteiger partial charge on any atom is -0.379 e. The summed E-state index contributed by atoms with van der Waals surface area (Å²) in [7, 11) is 0. The molecular formula is C8H16N2O. The van der Waals surface area contributed by atoms with Crippen LogP contribution in [0.2, 0.25) is 0 Å². The van der Waals surface area contributed by atoms with E-state index in [0.717, 1.165) is 32.8 Å². The van der Waals surface area contributed by atoms with Gasteiger partial charge in [-0.25, -0.2) is 0 Å². The third kappa shape index (κ3) is 2.99. The van der Waals surface area contributed by atoms with Gasteiger partial charge >= 0.3 is 0 Å². The van der Waals surface area contributed by atoms with Gasteiger partial charge in [0.1, 0.15) is 0 Å². The normalized spacial score (nSPS) is 23.0. The molecular weight excluding hydrogens is 140 g/mol. The summed E-state index contributed by atoms with van der Waals surface area (Å²) < 4.78 is 5.22. The van der Waals surface area contributed by atoms with E-state index in [1.807, 2.05) is 0 Å². The lowest BCUT2D eigenvalue weighted by atomic mass is 10.2. The van der Waals surface area contributed by atoms with Crippen molar-refractivity contribution in [3.8, 4) is 0 Å². The Labute approximate surface area is 67.8 Å². The number of morpholine rings is 1. The zero-order valence-corrected chi connectivity index (χ0v) is 7.05. The Kier molecular flexibility index (Phi) is 3.52. The monoisotopic (exact) mass is 156 g/mol. The SMILES string of the molecule is CC(C=N)CN1CCOCC1. The van der Waals surface area contributed by atoms with Gasteiger partial charge in [-0.05, 0) is 6.21 Å². The van der Waals surface area contributed by atoms with E-state index in [2.05, 4.69) is 11.8 Å². The summed E-state index contributed by atoms with van der Waals surface area (Å²) in [6, 6.07) is 0. The second kappa shape index (κ2) is 4.46. The zero-order valence-electron chi connectivity index (χ0n) is 7.05. The predicted molar refractivity (Wildman–Crippen MR) is 45.2 cm³/mol. The number of rotatable bonds is 3. The smallest absolute Gasteiger partial charge is 0.0594 e. The first-order chi connectivity index (χ1) is 5.33. The molecule has 1 N–H and O–H groups in total. The molecule has 3 heteroatoms. The Hall–Kier alpha value is -0.410. The quantitative estimate of drug-likeness (QED) is 0.608. The standard InChI is InChI=1S/C8H16N2O/c1-8(6-9)7-10-2-4-11-5-3-10/h6,8-9H,2-5,7H2,1H3. The van der Waals surface area contributed by atoms with E-state index < -0.39 is 0 Å². The molecule has 0 spiro atoms. The van der Waals surface area contributed by atoms with Crippen LogP contribution in [0.3, 0.4) is 0 Å². The summed E-state index contributed by atoms with van der Waals surface area (Å²) in [6.07, 6.45) is 1.51. The molecule has 1 rings (SSSR count). The highest BCUT2D eigenvalue weighted by Crippen LogP contribution is 2.00. The van der Waals surface area contributed by atoms with Gasteiger partial charge in [-0.15, -0.1) is 0 Å². The van der Waals surface area contributed by atoms with Crippen molar-refractivity contribution in [3.05, 3.63) is 0 Å². The number of nitrogens with zero attached hydrogens (tertiary/aromatic N) is 1. The number of hydrogen-bond acceptors (Lipinski definition) is 3. The van der Waals surface area contributed by atoms with E-state index in [-0.39, 0.29) is 0 Å². The van der Waals surface area contributed by atoms with Gasteiger partial charge < -0.3 is 10.1 Å². The molecule has 1 aliphatic rings. The van der Waals surface area contributed by atoms with Gasteiger partial charge in [-0.3, -0.25) is 4.90 Å². The van der Waals surface area contributed by atoms with E-state index >= 15 is 0 Å². The van der Waals surface area contributed by atoms with Gasteiger partial charge in [-0.2, -0.15) is 0 Å². The van der Waals surface area contributed by atoms with Crippen LogP contribution in [0.25, 0.3) is 0 Å². The molecule has 0 aromatic carbocycles. The third-order valence-electron chi connectivity index (χ3n) is 1.93. The Morgan fingerprint density at radius 2 is 2.18 bits per heavy atom. The summed E-state index contributed by atoms with van der Waals surface area (Å²) in [4.78, 5) is 2.35. The van der Waals surface area contributed by atoms with Crippen molar-refractivity contribution in [2.24, 2.45) is 5.92 Å². The average molecular weight is 156 g/mol. The summed E-state index contributed by atoms with van der Waals surface area (Å²) in [5, 5.41) is 7.04. The number of ether oxygens (including phenoxy) is 1. The molecule has 1 fully saturated rings. The van der Waals surface area contributed by atoms with Crippen LogP contribution < -0.4 is 0 Å². The summed E-state index contributed by atoms with van der Waals surface area (Å²) >= 11 is 0. The van der Waals surface area contributed by atoms with Crippen molar-refractivity contribution < 1.29 is 4.74 Å². The second-order valence-corrected chi connectivity index (χ2v) is 3.06. The lowest BCUT2D eigenvalue weighted by molar-refractivity contribution is 0.0353. The van der Waals surface area contributed by atoms with E-state index in [1.165, 1.54) is 6.21 Å². The number of nitrogens with one attached hydrogen (secondary N) is 1. The third-order valence-corrected chi connectivity index (χ3v) is 1.93. The largest absolute Gasteiger partial charge is 0.379 e. The van der Waals surface area contributed by atoms with Gasteiger partial charge in [0, 0.05) is 25.6 Å². The van der Waals surface area contributed by atoms with Crippen molar-refractivity contribution in [1.82, 2.24) is 4.90 Å². The highest BCUT2D eigenvalue weighted by atomic mass is 16.5. The molecule has 64 valence electrons. The Bertz CT molecular complexity index is 121. The van der Waals surface area contributed by atoms with Crippen LogP contribution in [-0.2, 0) is 4.74 Å². The minimum atomic E-state index is 0.382.